The van der Waals surface area contributed by atoms with Crippen molar-refractivity contribution in [1.82, 2.24) is 10.2 Å². The molecule has 0 amide bonds. The van der Waals surface area contributed by atoms with E-state index in [1.165, 1.54) is 14.2 Å². The zero-order valence-corrected chi connectivity index (χ0v) is 12.3. The van der Waals surface area contributed by atoms with Gasteiger partial charge >= 0.3 is 0 Å². The van der Waals surface area contributed by atoms with Crippen molar-refractivity contribution < 1.29 is 0 Å². The van der Waals surface area contributed by atoms with E-state index in [1.807, 2.05) is 0 Å². The zero-order chi connectivity index (χ0) is 11.5. The average Bonchev–Trinajstić information content (AvgIpc) is 2.84. The third-order valence-corrected chi connectivity index (χ3v) is 5.25. The van der Waals surface area contributed by atoms with E-state index in [1.54, 1.807) is 22.7 Å². The molecule has 0 radical (unpaired) electrons. The number of aromatic nitrogens is 2. The highest BCUT2D eigenvalue weighted by atomic mass is 79.9. The summed E-state index contributed by atoms with van der Waals surface area (Å²) in [5.74, 6) is 0. The first-order valence-electron chi connectivity index (χ1n) is 5.00. The Morgan fingerprint density at radius 3 is 2.75 bits per heavy atom. The number of aryl methyl sites for hydroxylation is 2. The summed E-state index contributed by atoms with van der Waals surface area (Å²) in [6.45, 7) is 5.00. The molecule has 3 nitrogen and oxygen atoms in total. The highest BCUT2D eigenvalue weighted by Crippen LogP contribution is 2.28. The highest BCUT2D eigenvalue weighted by molar-refractivity contribution is 9.11. The van der Waals surface area contributed by atoms with Crippen molar-refractivity contribution in [3.05, 3.63) is 25.3 Å². The second-order valence-electron chi connectivity index (χ2n) is 3.38. The smallest absolute Gasteiger partial charge is 0.205 e. The Morgan fingerprint density at radius 2 is 2.19 bits per heavy atom. The molecule has 2 heterocycles. The number of halogens is 1. The summed E-state index contributed by atoms with van der Waals surface area (Å²) in [5.41, 5.74) is 1.29. The van der Waals surface area contributed by atoms with Gasteiger partial charge in [0.1, 0.15) is 5.01 Å². The molecule has 86 valence electrons. The van der Waals surface area contributed by atoms with Crippen LogP contribution in [0.3, 0.4) is 0 Å². The third-order valence-electron chi connectivity index (χ3n) is 2.09. The summed E-state index contributed by atoms with van der Waals surface area (Å²) in [7, 11) is 0. The van der Waals surface area contributed by atoms with E-state index in [9.17, 15) is 0 Å². The van der Waals surface area contributed by atoms with E-state index in [4.69, 9.17) is 0 Å². The lowest BCUT2D eigenvalue weighted by Crippen LogP contribution is -1.96. The fraction of sp³-hybridized carbons (Fsp3) is 0.400. The van der Waals surface area contributed by atoms with E-state index < -0.39 is 0 Å². The number of hydrogen-bond acceptors (Lipinski definition) is 5. The van der Waals surface area contributed by atoms with E-state index in [2.05, 4.69) is 51.4 Å². The maximum Gasteiger partial charge on any atom is 0.205 e. The van der Waals surface area contributed by atoms with Crippen LogP contribution in [0.4, 0.5) is 5.13 Å². The van der Waals surface area contributed by atoms with Crippen molar-refractivity contribution >= 4 is 43.7 Å². The maximum absolute atomic E-state index is 4.08. The van der Waals surface area contributed by atoms with E-state index in [0.717, 1.165) is 23.1 Å². The first kappa shape index (κ1) is 12.0. The molecule has 0 aliphatic heterocycles. The number of hydrogen-bond donors (Lipinski definition) is 1. The summed E-state index contributed by atoms with van der Waals surface area (Å²) >= 11 is 6.90. The van der Waals surface area contributed by atoms with Crippen LogP contribution in [0.1, 0.15) is 22.4 Å². The van der Waals surface area contributed by atoms with Crippen LogP contribution in [-0.4, -0.2) is 10.2 Å². The zero-order valence-electron chi connectivity index (χ0n) is 9.08. The third kappa shape index (κ3) is 2.81. The lowest BCUT2D eigenvalue weighted by atomic mass is 10.3. The van der Waals surface area contributed by atoms with Gasteiger partial charge in [0.05, 0.1) is 10.3 Å². The number of nitrogens with zero attached hydrogens (tertiary/aromatic N) is 2. The standard InChI is InChI=1S/C10H12BrN3S2/c1-3-8-13-14-10(16-8)12-5-7-4-6(2)9(11)15-7/h4H,3,5H2,1-2H3,(H,12,14). The van der Waals surface area contributed by atoms with Crippen LogP contribution in [0.15, 0.2) is 9.85 Å². The van der Waals surface area contributed by atoms with Gasteiger partial charge in [-0.1, -0.05) is 18.3 Å². The molecule has 0 spiro atoms. The van der Waals surface area contributed by atoms with Gasteiger partial charge in [-0.15, -0.1) is 21.5 Å². The molecule has 2 aromatic heterocycles. The number of nitrogens with one attached hydrogen (secondary N) is 1. The van der Waals surface area contributed by atoms with Crippen molar-refractivity contribution in [3.63, 3.8) is 0 Å². The maximum atomic E-state index is 4.08. The number of thiophene rings is 1. The van der Waals surface area contributed by atoms with Gasteiger partial charge in [0, 0.05) is 4.88 Å². The lowest BCUT2D eigenvalue weighted by molar-refractivity contribution is 0.977. The molecular weight excluding hydrogens is 306 g/mol. The van der Waals surface area contributed by atoms with Crippen molar-refractivity contribution in [1.29, 1.82) is 0 Å². The van der Waals surface area contributed by atoms with Crippen LogP contribution in [0.25, 0.3) is 0 Å². The van der Waals surface area contributed by atoms with E-state index in [0.29, 0.717) is 0 Å². The molecule has 6 heteroatoms. The van der Waals surface area contributed by atoms with Crippen molar-refractivity contribution in [2.75, 3.05) is 5.32 Å². The topological polar surface area (TPSA) is 37.8 Å². The Kier molecular flexibility index (Phi) is 3.94. The van der Waals surface area contributed by atoms with Gasteiger partial charge in [0.2, 0.25) is 5.13 Å². The Bertz CT molecular complexity index is 459. The number of anilines is 1. The van der Waals surface area contributed by atoms with E-state index in [-0.39, 0.29) is 0 Å². The summed E-state index contributed by atoms with van der Waals surface area (Å²) < 4.78 is 1.20. The SMILES string of the molecule is CCc1nnc(NCc2cc(C)c(Br)s2)s1. The second kappa shape index (κ2) is 5.25. The van der Waals surface area contributed by atoms with Crippen LogP contribution in [0.5, 0.6) is 0 Å². The summed E-state index contributed by atoms with van der Waals surface area (Å²) in [6.07, 6.45) is 0.947. The molecule has 0 saturated carbocycles. The normalized spacial score (nSPS) is 10.7. The van der Waals surface area contributed by atoms with Crippen LogP contribution < -0.4 is 5.32 Å². The van der Waals surface area contributed by atoms with Crippen molar-refractivity contribution in [2.45, 2.75) is 26.8 Å². The van der Waals surface area contributed by atoms with Gasteiger partial charge in [0.15, 0.2) is 0 Å². The molecule has 0 bridgehead atoms. The molecule has 1 N–H and O–H groups in total. The largest absolute Gasteiger partial charge is 0.355 e. The lowest BCUT2D eigenvalue weighted by Gasteiger charge is -1.97. The molecule has 0 atom stereocenters. The predicted octanol–water partition coefficient (Wildman–Crippen LogP) is 3.85. The Morgan fingerprint density at radius 1 is 1.38 bits per heavy atom. The summed E-state index contributed by atoms with van der Waals surface area (Å²) in [5, 5.41) is 13.4. The van der Waals surface area contributed by atoms with Crippen LogP contribution in [0, 0.1) is 6.92 Å². The summed E-state index contributed by atoms with van der Waals surface area (Å²) in [4.78, 5) is 1.30. The Hall–Kier alpha value is -0.460. The van der Waals surface area contributed by atoms with Gasteiger partial charge < -0.3 is 5.32 Å². The summed E-state index contributed by atoms with van der Waals surface area (Å²) in [6, 6.07) is 2.18. The Labute approximate surface area is 111 Å². The monoisotopic (exact) mass is 317 g/mol. The highest BCUT2D eigenvalue weighted by Gasteiger charge is 2.05. The molecule has 2 rings (SSSR count). The molecule has 0 aromatic carbocycles. The van der Waals surface area contributed by atoms with Crippen LogP contribution in [0.2, 0.25) is 0 Å². The fourth-order valence-electron chi connectivity index (χ4n) is 1.24. The molecule has 0 saturated heterocycles. The van der Waals surface area contributed by atoms with Gasteiger partial charge in [-0.3, -0.25) is 0 Å². The number of rotatable bonds is 4. The Balaban J connectivity index is 1.96. The molecular formula is C10H12BrN3S2. The quantitative estimate of drug-likeness (QED) is 0.930. The second-order valence-corrected chi connectivity index (χ2v) is 6.89. The molecule has 0 aliphatic rings. The molecule has 0 aliphatic carbocycles. The minimum Gasteiger partial charge on any atom is -0.355 e. The van der Waals surface area contributed by atoms with Gasteiger partial charge in [-0.2, -0.15) is 0 Å². The van der Waals surface area contributed by atoms with Gasteiger partial charge in [0.25, 0.3) is 0 Å². The van der Waals surface area contributed by atoms with Gasteiger partial charge in [-0.05, 0) is 40.9 Å². The van der Waals surface area contributed by atoms with E-state index >= 15 is 0 Å². The fourth-order valence-corrected chi connectivity index (χ4v) is 3.48. The minimum absolute atomic E-state index is 0.815. The van der Waals surface area contributed by atoms with Crippen molar-refractivity contribution in [3.8, 4) is 0 Å². The first-order chi connectivity index (χ1) is 7.69. The van der Waals surface area contributed by atoms with Crippen LogP contribution >= 0.6 is 38.6 Å². The average molecular weight is 318 g/mol. The van der Waals surface area contributed by atoms with Crippen molar-refractivity contribution in [2.24, 2.45) is 0 Å². The molecule has 0 unspecified atom stereocenters. The minimum atomic E-state index is 0.815. The molecule has 16 heavy (non-hydrogen) atoms. The first-order valence-corrected chi connectivity index (χ1v) is 7.42. The predicted molar refractivity (Wildman–Crippen MR) is 73.4 cm³/mol. The van der Waals surface area contributed by atoms with Gasteiger partial charge in [-0.25, -0.2) is 0 Å². The molecule has 2 aromatic rings. The molecule has 0 fully saturated rings. The van der Waals surface area contributed by atoms with Crippen LogP contribution in [-0.2, 0) is 13.0 Å².